The first-order valence-electron chi connectivity index (χ1n) is 11.7. The summed E-state index contributed by atoms with van der Waals surface area (Å²) in [7, 11) is -3.72. The Labute approximate surface area is 204 Å². The molecule has 0 saturated carbocycles. The monoisotopic (exact) mass is 516 g/mol. The van der Waals surface area contributed by atoms with Gasteiger partial charge in [0.15, 0.2) is 0 Å². The molecule has 0 aromatic heterocycles. The van der Waals surface area contributed by atoms with Crippen molar-refractivity contribution in [2.75, 3.05) is 26.7 Å². The van der Waals surface area contributed by atoms with Gasteiger partial charge in [-0.2, -0.15) is 0 Å². The van der Waals surface area contributed by atoms with E-state index in [0.29, 0.717) is 35.7 Å². The quantitative estimate of drug-likeness (QED) is 0.158. The molecule has 0 fully saturated rings. The number of ether oxygens (including phenoxy) is 4. The molecule has 1 aromatic carbocycles. The van der Waals surface area contributed by atoms with E-state index in [4.69, 9.17) is 23.5 Å². The highest BCUT2D eigenvalue weighted by atomic mass is 31.2. The van der Waals surface area contributed by atoms with Crippen molar-refractivity contribution < 1.29 is 37.7 Å². The molecule has 1 aliphatic rings. The van der Waals surface area contributed by atoms with E-state index in [1.54, 1.807) is 21.0 Å². The molecule has 0 radical (unpaired) electrons. The summed E-state index contributed by atoms with van der Waals surface area (Å²) in [6, 6.07) is 0.930. The van der Waals surface area contributed by atoms with Gasteiger partial charge >= 0.3 is 13.6 Å². The van der Waals surface area contributed by atoms with E-state index in [1.807, 2.05) is 20.8 Å². The molecule has 1 aromatic rings. The summed E-state index contributed by atoms with van der Waals surface area (Å²) >= 11 is 0. The van der Waals surface area contributed by atoms with Crippen LogP contribution in [0.5, 0.6) is 11.5 Å². The summed E-state index contributed by atoms with van der Waals surface area (Å²) in [5.74, 6) is 0.733. The minimum atomic E-state index is -3.94. The second-order valence-electron chi connectivity index (χ2n) is 10.8. The van der Waals surface area contributed by atoms with E-state index in [9.17, 15) is 14.3 Å². The summed E-state index contributed by atoms with van der Waals surface area (Å²) in [6.07, 6.45) is -0.0936. The van der Waals surface area contributed by atoms with Crippen molar-refractivity contribution in [3.05, 3.63) is 22.3 Å². The number of benzene rings is 1. The highest BCUT2D eigenvalue weighted by molar-refractivity contribution is 7.52. The summed E-state index contributed by atoms with van der Waals surface area (Å²) in [4.78, 5) is 22.8. The van der Waals surface area contributed by atoms with Gasteiger partial charge in [-0.05, 0) is 38.3 Å². The number of esters is 1. The maximum atomic E-state index is 12.5. The molecule has 0 amide bonds. The molecule has 34 heavy (non-hydrogen) atoms. The first kappa shape index (κ1) is 28.9. The molecule has 0 aliphatic carbocycles. The predicted octanol–water partition coefficient (Wildman–Crippen LogP) is 5.54. The van der Waals surface area contributed by atoms with Crippen LogP contribution in [-0.4, -0.2) is 51.2 Å². The normalized spacial score (nSPS) is 15.8. The minimum absolute atomic E-state index is 0.0576. The Kier molecular flexibility index (Phi) is 9.44. The molecule has 1 atom stereocenters. The van der Waals surface area contributed by atoms with Gasteiger partial charge in [0.25, 0.3) is 0 Å². The van der Waals surface area contributed by atoms with Crippen molar-refractivity contribution in [1.29, 1.82) is 0 Å². The van der Waals surface area contributed by atoms with E-state index in [0.717, 1.165) is 17.2 Å². The number of methoxy groups -OCH3 is 1. The molecule has 8 nitrogen and oxygen atoms in total. The Hall–Kier alpha value is -1.38. The van der Waals surface area contributed by atoms with Crippen LogP contribution in [0.3, 0.4) is 0 Å². The first-order chi connectivity index (χ1) is 15.6. The van der Waals surface area contributed by atoms with Gasteiger partial charge in [-0.1, -0.05) is 33.5 Å². The van der Waals surface area contributed by atoms with Gasteiger partial charge in [-0.25, -0.2) is 4.79 Å². The molecule has 194 valence electrons. The third kappa shape index (κ3) is 7.31. The number of cyclic esters (lactones) is 1. The molecule has 1 heterocycles. The lowest BCUT2D eigenvalue weighted by atomic mass is 9.95. The third-order valence-corrected chi connectivity index (χ3v) is 9.21. The largest absolute Gasteiger partial charge is 0.496 e. The van der Waals surface area contributed by atoms with E-state index in [1.165, 1.54) is 0 Å². The first-order valence-corrected chi connectivity index (χ1v) is 17.2. The Balaban J connectivity index is 2.23. The van der Waals surface area contributed by atoms with Crippen LogP contribution in [0.2, 0.25) is 25.7 Å². The Morgan fingerprint density at radius 1 is 1.18 bits per heavy atom. The van der Waals surface area contributed by atoms with E-state index in [-0.39, 0.29) is 19.1 Å². The van der Waals surface area contributed by atoms with Crippen LogP contribution < -0.4 is 9.47 Å². The number of rotatable bonds is 13. The average molecular weight is 517 g/mol. The Bertz CT molecular complexity index is 936. The molecule has 1 N–H and O–H groups in total. The zero-order valence-corrected chi connectivity index (χ0v) is 24.0. The number of carbonyl (C=O) groups is 1. The standard InChI is InChI=1S/C24H41O8PSi/c1-16(2)24(4,5)32-33(26,27)15-29-11-10-18-21(28-6)17(3)19-14-31-23(25)20(19)22(18)30-12-13-34(7,8)9/h16H,10-15H2,1-9H3,(H,26,27). The van der Waals surface area contributed by atoms with Crippen LogP contribution in [0.4, 0.5) is 0 Å². The minimum Gasteiger partial charge on any atom is -0.496 e. The Morgan fingerprint density at radius 2 is 1.82 bits per heavy atom. The third-order valence-electron chi connectivity index (χ3n) is 6.24. The lowest BCUT2D eigenvalue weighted by Crippen LogP contribution is -2.30. The van der Waals surface area contributed by atoms with Gasteiger partial charge in [0.2, 0.25) is 0 Å². The van der Waals surface area contributed by atoms with Crippen molar-refractivity contribution in [3.8, 4) is 11.5 Å². The van der Waals surface area contributed by atoms with Crippen molar-refractivity contribution in [2.45, 2.75) is 78.9 Å². The van der Waals surface area contributed by atoms with E-state index >= 15 is 0 Å². The number of fused-ring (bicyclic) bond motifs is 1. The lowest BCUT2D eigenvalue weighted by Gasteiger charge is -2.31. The Morgan fingerprint density at radius 3 is 2.38 bits per heavy atom. The number of hydrogen-bond acceptors (Lipinski definition) is 7. The summed E-state index contributed by atoms with van der Waals surface area (Å²) in [5, 5.41) is 0. The zero-order valence-electron chi connectivity index (χ0n) is 22.1. The summed E-state index contributed by atoms with van der Waals surface area (Å²) in [5.41, 5.74) is 1.98. The maximum absolute atomic E-state index is 12.5. The van der Waals surface area contributed by atoms with Gasteiger partial charge < -0.3 is 28.4 Å². The van der Waals surface area contributed by atoms with Crippen LogP contribution in [0.25, 0.3) is 0 Å². The fourth-order valence-corrected chi connectivity index (χ4v) is 5.60. The van der Waals surface area contributed by atoms with E-state index in [2.05, 4.69) is 19.6 Å². The van der Waals surface area contributed by atoms with Gasteiger partial charge in [0, 0.05) is 25.6 Å². The average Bonchev–Trinajstić information content (AvgIpc) is 3.07. The van der Waals surface area contributed by atoms with Crippen LogP contribution >= 0.6 is 7.60 Å². The molecule has 2 rings (SSSR count). The molecule has 10 heteroatoms. The van der Waals surface area contributed by atoms with Gasteiger partial charge in [0.1, 0.15) is 30.0 Å². The van der Waals surface area contributed by atoms with E-state index < -0.39 is 33.6 Å². The molecule has 0 bridgehead atoms. The van der Waals surface area contributed by atoms with Gasteiger partial charge in [-0.3, -0.25) is 4.57 Å². The molecule has 1 aliphatic heterocycles. The van der Waals surface area contributed by atoms with Crippen molar-refractivity contribution in [2.24, 2.45) is 5.92 Å². The van der Waals surface area contributed by atoms with Crippen LogP contribution in [-0.2, 0) is 31.6 Å². The van der Waals surface area contributed by atoms with Crippen LogP contribution in [0.1, 0.15) is 54.7 Å². The highest BCUT2D eigenvalue weighted by Gasteiger charge is 2.35. The zero-order chi connectivity index (χ0) is 25.9. The maximum Gasteiger partial charge on any atom is 0.354 e. The summed E-state index contributed by atoms with van der Waals surface area (Å²) in [6.45, 7) is 16.9. The molecular formula is C24H41O8PSi. The fraction of sp³-hybridized carbons (Fsp3) is 0.708. The van der Waals surface area contributed by atoms with Crippen molar-refractivity contribution in [3.63, 3.8) is 0 Å². The molecule has 1 unspecified atom stereocenters. The van der Waals surface area contributed by atoms with Crippen molar-refractivity contribution in [1.82, 2.24) is 0 Å². The highest BCUT2D eigenvalue weighted by Crippen LogP contribution is 2.48. The second-order valence-corrected chi connectivity index (χ2v) is 18.2. The van der Waals surface area contributed by atoms with Crippen LogP contribution in [0.15, 0.2) is 0 Å². The fourth-order valence-electron chi connectivity index (χ4n) is 3.52. The van der Waals surface area contributed by atoms with Gasteiger partial charge in [0.05, 0.1) is 25.9 Å². The SMILES string of the molecule is COc1c(C)c2c(c(OCC[Si](C)(C)C)c1CCOCP(=O)(O)OC(C)(C)C(C)C)C(=O)OC2. The molecule has 0 spiro atoms. The van der Waals surface area contributed by atoms with Crippen LogP contribution in [0, 0.1) is 12.8 Å². The summed E-state index contributed by atoms with van der Waals surface area (Å²) < 4.78 is 40.7. The second kappa shape index (κ2) is 11.1. The number of hydrogen-bond donors (Lipinski definition) is 1. The number of carbonyl (C=O) groups excluding carboxylic acids is 1. The topological polar surface area (TPSA) is 101 Å². The van der Waals surface area contributed by atoms with Gasteiger partial charge in [-0.15, -0.1) is 0 Å². The smallest absolute Gasteiger partial charge is 0.354 e. The van der Waals surface area contributed by atoms with Crippen molar-refractivity contribution >= 4 is 21.6 Å². The predicted molar refractivity (Wildman–Crippen MR) is 135 cm³/mol. The molecule has 0 saturated heterocycles. The lowest BCUT2D eigenvalue weighted by molar-refractivity contribution is 0.0357. The molecular weight excluding hydrogens is 475 g/mol.